The lowest BCUT2D eigenvalue weighted by Gasteiger charge is -2.26. The van der Waals surface area contributed by atoms with Gasteiger partial charge in [0.1, 0.15) is 0 Å². The number of alkyl halides is 12. The Bertz CT molecular complexity index is 4880. The van der Waals surface area contributed by atoms with Gasteiger partial charge in [0.25, 0.3) is 0 Å². The Balaban J connectivity index is 1.26. The highest BCUT2D eigenvalue weighted by molar-refractivity contribution is 6.12. The largest absolute Gasteiger partial charge is 0.416 e. The molecule has 0 radical (unpaired) electrons. The summed E-state index contributed by atoms with van der Waals surface area (Å²) in [7, 11) is 0. The molecule has 0 fully saturated rings. The molecule has 0 bridgehead atoms. The number of nitrogens with zero attached hydrogens (tertiary/aromatic N) is 6. The van der Waals surface area contributed by atoms with Crippen LogP contribution in [0.2, 0.25) is 0 Å². The summed E-state index contributed by atoms with van der Waals surface area (Å²) >= 11 is 0. The molecule has 96 heavy (non-hydrogen) atoms. The standard InChI is InChI=1S/C78H64F12N6/c1-71(2,3)52-29-46(30-53(35-52)72(4,5)6)69-92-68(93-70(94-69)47-31-54(73(7,8)9)36-55(32-47)74(10,11)12)45-17-23-62(95-63-24-18-48(75(79,80)81)37-58(63)59-38-49(76(82,83)84)19-25-64(59)95)57(33-45)56-22-16-44(43-15-13-14-42(28-43)41-91)34-67(56)96-65-26-20-50(77(85,86)87)39-60(65)61-40-51(78(88,89)90)21-27-66(61)96/h13-40H,1-12H3. The minimum absolute atomic E-state index is 0.0291. The van der Waals surface area contributed by atoms with E-state index in [1.165, 1.54) is 21.3 Å². The van der Waals surface area contributed by atoms with Gasteiger partial charge in [0.05, 0.1) is 67.3 Å². The van der Waals surface area contributed by atoms with Crippen LogP contribution in [0.4, 0.5) is 52.7 Å². The third-order valence-corrected chi connectivity index (χ3v) is 17.7. The van der Waals surface area contributed by atoms with Crippen molar-refractivity contribution in [1.29, 1.82) is 5.26 Å². The lowest BCUT2D eigenvalue weighted by molar-refractivity contribution is -0.138. The van der Waals surface area contributed by atoms with Gasteiger partial charge in [-0.2, -0.15) is 57.9 Å². The monoisotopic (exact) mass is 1310 g/mol. The quantitative estimate of drug-likeness (QED) is 0.149. The first-order valence-corrected chi connectivity index (χ1v) is 30.9. The van der Waals surface area contributed by atoms with Crippen molar-refractivity contribution >= 4 is 43.6 Å². The van der Waals surface area contributed by atoms with E-state index >= 15 is 0 Å². The third kappa shape index (κ3) is 12.5. The summed E-state index contributed by atoms with van der Waals surface area (Å²) in [6.45, 7) is 25.2. The maximum absolute atomic E-state index is 14.8. The summed E-state index contributed by atoms with van der Waals surface area (Å²) < 4.78 is 181. The highest BCUT2D eigenvalue weighted by Gasteiger charge is 2.37. The zero-order valence-corrected chi connectivity index (χ0v) is 54.4. The molecule has 0 amide bonds. The van der Waals surface area contributed by atoms with Crippen molar-refractivity contribution in [3.63, 3.8) is 0 Å². The minimum atomic E-state index is -4.94. The molecule has 0 aliphatic heterocycles. The fourth-order valence-corrected chi connectivity index (χ4v) is 12.3. The van der Waals surface area contributed by atoms with Crippen LogP contribution in [0.3, 0.4) is 0 Å². The zero-order chi connectivity index (χ0) is 69.5. The highest BCUT2D eigenvalue weighted by atomic mass is 19.4. The van der Waals surface area contributed by atoms with Crippen LogP contribution in [0.5, 0.6) is 0 Å². The predicted octanol–water partition coefficient (Wildman–Crippen LogP) is 23.5. The number of aromatic nitrogens is 5. The molecule has 0 unspecified atom stereocenters. The summed E-state index contributed by atoms with van der Waals surface area (Å²) in [4.78, 5) is 15.9. The molecule has 0 N–H and O–H groups in total. The lowest BCUT2D eigenvalue weighted by Crippen LogP contribution is -2.17. The second kappa shape index (κ2) is 22.7. The Morgan fingerprint density at radius 1 is 0.292 bits per heavy atom. The summed E-state index contributed by atoms with van der Waals surface area (Å²) in [5.74, 6) is 0.685. The smallest absolute Gasteiger partial charge is 0.309 e. The number of benzene rings is 9. The molecule has 18 heteroatoms. The second-order valence-electron chi connectivity index (χ2n) is 28.7. The van der Waals surface area contributed by atoms with Gasteiger partial charge in [0, 0.05) is 49.4 Å². The van der Waals surface area contributed by atoms with Crippen LogP contribution in [0.25, 0.3) is 111 Å². The van der Waals surface area contributed by atoms with E-state index in [0.29, 0.717) is 27.8 Å². The van der Waals surface area contributed by atoms with Crippen LogP contribution in [-0.2, 0) is 46.4 Å². The normalized spacial score (nSPS) is 13.2. The summed E-state index contributed by atoms with van der Waals surface area (Å²) in [6, 6.07) is 42.2. The van der Waals surface area contributed by atoms with Gasteiger partial charge >= 0.3 is 24.7 Å². The topological polar surface area (TPSA) is 72.3 Å². The molecule has 0 atom stereocenters. The molecule has 0 aliphatic rings. The van der Waals surface area contributed by atoms with Crippen molar-refractivity contribution in [3.05, 3.63) is 220 Å². The van der Waals surface area contributed by atoms with Crippen molar-refractivity contribution in [1.82, 2.24) is 24.1 Å². The van der Waals surface area contributed by atoms with Gasteiger partial charge in [-0.15, -0.1) is 0 Å². The third-order valence-electron chi connectivity index (χ3n) is 17.7. The van der Waals surface area contributed by atoms with Crippen LogP contribution in [-0.4, -0.2) is 24.1 Å². The van der Waals surface area contributed by atoms with Crippen LogP contribution in [0.1, 0.15) is 133 Å². The van der Waals surface area contributed by atoms with Crippen molar-refractivity contribution in [2.75, 3.05) is 0 Å². The predicted molar refractivity (Wildman–Crippen MR) is 355 cm³/mol. The van der Waals surface area contributed by atoms with Crippen LogP contribution in [0.15, 0.2) is 170 Å². The fraction of sp³-hybridized carbons (Fsp3) is 0.256. The molecule has 3 heterocycles. The van der Waals surface area contributed by atoms with E-state index in [1.54, 1.807) is 60.7 Å². The van der Waals surface area contributed by atoms with Gasteiger partial charge in [-0.25, -0.2) is 15.0 Å². The molecule has 490 valence electrons. The molecule has 0 aliphatic carbocycles. The Labute approximate surface area is 546 Å². The van der Waals surface area contributed by atoms with Gasteiger partial charge in [0.2, 0.25) is 0 Å². The Morgan fingerprint density at radius 3 is 0.969 bits per heavy atom. The fourth-order valence-electron chi connectivity index (χ4n) is 12.3. The number of nitriles is 1. The van der Waals surface area contributed by atoms with Crippen molar-refractivity contribution in [3.8, 4) is 73.9 Å². The van der Waals surface area contributed by atoms with Crippen LogP contribution >= 0.6 is 0 Å². The first kappa shape index (κ1) is 66.3. The van der Waals surface area contributed by atoms with E-state index in [1.807, 2.05) is 24.3 Å². The molecule has 0 saturated heterocycles. The Kier molecular flexibility index (Phi) is 15.7. The number of halogens is 12. The maximum Gasteiger partial charge on any atom is 0.416 e. The average molecular weight is 1310 g/mol. The first-order chi connectivity index (χ1) is 44.5. The Hall–Kier alpha value is -9.76. The van der Waals surface area contributed by atoms with E-state index in [2.05, 4.69) is 101 Å². The van der Waals surface area contributed by atoms with E-state index in [4.69, 9.17) is 15.0 Å². The number of hydrogen-bond donors (Lipinski definition) is 0. The SMILES string of the molecule is CC(C)(C)c1cc(-c2nc(-c3cc(C(C)(C)C)cc(C(C)(C)C)c3)nc(-c3ccc(-n4c5ccc(C(F)(F)F)cc5c5cc(C(F)(F)F)ccc54)c(-c4ccc(-c5cccc(C#N)c5)cc4-n4c5ccc(C(F)(F)F)cc5c5cc(C(F)(F)F)ccc54)c3)n2)cc(C(C)(C)C)c1. The lowest BCUT2D eigenvalue weighted by atomic mass is 9.79. The molecule has 0 spiro atoms. The second-order valence-corrected chi connectivity index (χ2v) is 28.7. The number of hydrogen-bond acceptors (Lipinski definition) is 4. The molecular formula is C78H64F12N6. The van der Waals surface area contributed by atoms with Crippen LogP contribution in [0, 0.1) is 11.3 Å². The molecule has 12 aromatic rings. The van der Waals surface area contributed by atoms with E-state index in [9.17, 15) is 57.9 Å². The van der Waals surface area contributed by atoms with Crippen molar-refractivity contribution in [2.45, 2.75) is 129 Å². The molecular weight excluding hydrogens is 1250 g/mol. The van der Waals surface area contributed by atoms with Gasteiger partial charge in [0.15, 0.2) is 17.5 Å². The summed E-state index contributed by atoms with van der Waals surface area (Å²) in [5.41, 5.74) is 1.62. The summed E-state index contributed by atoms with van der Waals surface area (Å²) in [6.07, 6.45) is -19.7. The molecule has 9 aromatic carbocycles. The maximum atomic E-state index is 14.8. The van der Waals surface area contributed by atoms with Gasteiger partial charge in [-0.3, -0.25) is 0 Å². The van der Waals surface area contributed by atoms with Gasteiger partial charge in [-0.1, -0.05) is 119 Å². The number of fused-ring (bicyclic) bond motifs is 6. The van der Waals surface area contributed by atoms with Crippen LogP contribution < -0.4 is 0 Å². The first-order valence-electron chi connectivity index (χ1n) is 30.9. The van der Waals surface area contributed by atoms with Crippen molar-refractivity contribution < 1.29 is 52.7 Å². The highest BCUT2D eigenvalue weighted by Crippen LogP contribution is 2.48. The van der Waals surface area contributed by atoms with Crippen molar-refractivity contribution in [2.24, 2.45) is 0 Å². The van der Waals surface area contributed by atoms with E-state index in [0.717, 1.165) is 82.9 Å². The molecule has 6 nitrogen and oxygen atoms in total. The number of rotatable bonds is 7. The van der Waals surface area contributed by atoms with E-state index < -0.39 is 47.0 Å². The molecule has 0 saturated carbocycles. The molecule has 3 aromatic heterocycles. The average Bonchev–Trinajstić information content (AvgIpc) is 1.53. The van der Waals surface area contributed by atoms with Gasteiger partial charge in [-0.05, 0) is 189 Å². The zero-order valence-electron chi connectivity index (χ0n) is 54.4. The minimum Gasteiger partial charge on any atom is -0.309 e. The summed E-state index contributed by atoms with van der Waals surface area (Å²) in [5, 5.41) is 9.31. The van der Waals surface area contributed by atoms with E-state index in [-0.39, 0.29) is 111 Å². The molecule has 12 rings (SSSR count). The Morgan fingerprint density at radius 2 is 0.625 bits per heavy atom. The van der Waals surface area contributed by atoms with Gasteiger partial charge < -0.3 is 9.13 Å².